The van der Waals surface area contributed by atoms with Crippen LogP contribution in [0.5, 0.6) is 0 Å². The molecule has 0 spiro atoms. The summed E-state index contributed by atoms with van der Waals surface area (Å²) in [4.78, 5) is 11.6. The van der Waals surface area contributed by atoms with Crippen molar-refractivity contribution in [3.8, 4) is 0 Å². The predicted octanol–water partition coefficient (Wildman–Crippen LogP) is 2.78. The molecule has 0 atom stereocenters. The number of benzene rings is 1. The molecule has 0 aromatic heterocycles. The second-order valence-corrected chi connectivity index (χ2v) is 4.27. The monoisotopic (exact) mass is 261 g/mol. The molecule has 1 fully saturated rings. The molecule has 1 aromatic carbocycles. The van der Waals surface area contributed by atoms with Crippen molar-refractivity contribution in [1.29, 1.82) is 0 Å². The van der Waals surface area contributed by atoms with E-state index in [1.165, 1.54) is 0 Å². The zero-order chi connectivity index (χ0) is 13.3. The number of hydrogen-bond donors (Lipinski definition) is 1. The van der Waals surface area contributed by atoms with Crippen LogP contribution < -0.4 is 5.32 Å². The van der Waals surface area contributed by atoms with Crippen LogP contribution in [0.4, 0.5) is 17.6 Å². The highest BCUT2D eigenvalue weighted by Crippen LogP contribution is 2.31. The van der Waals surface area contributed by atoms with E-state index in [9.17, 15) is 22.4 Å². The summed E-state index contributed by atoms with van der Waals surface area (Å²) in [7, 11) is 0. The number of nitrogens with one attached hydrogen (secondary N) is 1. The van der Waals surface area contributed by atoms with Gasteiger partial charge in [0.25, 0.3) is 0 Å². The summed E-state index contributed by atoms with van der Waals surface area (Å²) in [6.45, 7) is 0.0233. The Morgan fingerprint density at radius 3 is 2.50 bits per heavy atom. The summed E-state index contributed by atoms with van der Waals surface area (Å²) in [5.41, 5.74) is -1.40. The molecule has 2 nitrogen and oxygen atoms in total. The number of ketones is 1. The fourth-order valence-electron chi connectivity index (χ4n) is 1.55. The SMILES string of the molecule is O=C(CNC1CC1)c1ccc(C(F)(F)F)c(F)c1. The molecule has 18 heavy (non-hydrogen) atoms. The van der Waals surface area contributed by atoms with Crippen molar-refractivity contribution in [2.45, 2.75) is 25.1 Å². The van der Waals surface area contributed by atoms with Crippen LogP contribution in [0.25, 0.3) is 0 Å². The van der Waals surface area contributed by atoms with Crippen molar-refractivity contribution >= 4 is 5.78 Å². The van der Waals surface area contributed by atoms with Gasteiger partial charge in [-0.05, 0) is 25.0 Å². The van der Waals surface area contributed by atoms with E-state index in [1.54, 1.807) is 0 Å². The lowest BCUT2D eigenvalue weighted by Gasteiger charge is -2.09. The summed E-state index contributed by atoms with van der Waals surface area (Å²) in [6, 6.07) is 2.55. The highest BCUT2D eigenvalue weighted by atomic mass is 19.4. The third-order valence-electron chi connectivity index (χ3n) is 2.73. The molecule has 1 aliphatic rings. The van der Waals surface area contributed by atoms with E-state index in [2.05, 4.69) is 5.32 Å². The van der Waals surface area contributed by atoms with Crippen LogP contribution in [-0.4, -0.2) is 18.4 Å². The fraction of sp³-hybridized carbons (Fsp3) is 0.417. The quantitative estimate of drug-likeness (QED) is 0.667. The summed E-state index contributed by atoms with van der Waals surface area (Å²) in [5, 5.41) is 2.92. The molecule has 2 rings (SSSR count). The highest BCUT2D eigenvalue weighted by Gasteiger charge is 2.34. The normalized spacial score (nSPS) is 15.8. The Labute approximate surface area is 101 Å². The molecule has 1 aromatic rings. The largest absolute Gasteiger partial charge is 0.419 e. The smallest absolute Gasteiger partial charge is 0.307 e. The first-order chi connectivity index (χ1) is 8.38. The van der Waals surface area contributed by atoms with Crippen molar-refractivity contribution in [2.75, 3.05) is 6.54 Å². The van der Waals surface area contributed by atoms with Crippen LogP contribution in [0.15, 0.2) is 18.2 Å². The zero-order valence-electron chi connectivity index (χ0n) is 9.35. The Bertz CT molecular complexity index is 466. The number of carbonyl (C=O) groups excluding carboxylic acids is 1. The van der Waals surface area contributed by atoms with Gasteiger partial charge in [-0.2, -0.15) is 13.2 Å². The lowest BCUT2D eigenvalue weighted by molar-refractivity contribution is -0.140. The van der Waals surface area contributed by atoms with E-state index < -0.39 is 23.3 Å². The number of rotatable bonds is 4. The van der Waals surface area contributed by atoms with Crippen molar-refractivity contribution in [1.82, 2.24) is 5.32 Å². The van der Waals surface area contributed by atoms with Gasteiger partial charge in [-0.3, -0.25) is 4.79 Å². The Morgan fingerprint density at radius 1 is 1.33 bits per heavy atom. The number of hydrogen-bond acceptors (Lipinski definition) is 2. The Morgan fingerprint density at radius 2 is 2.00 bits per heavy atom. The van der Waals surface area contributed by atoms with Crippen LogP contribution in [0.1, 0.15) is 28.8 Å². The first-order valence-electron chi connectivity index (χ1n) is 5.51. The van der Waals surface area contributed by atoms with Crippen LogP contribution >= 0.6 is 0 Å². The van der Waals surface area contributed by atoms with E-state index in [1.807, 2.05) is 0 Å². The maximum Gasteiger partial charge on any atom is 0.419 e. The molecule has 0 saturated heterocycles. The molecule has 98 valence electrons. The Hall–Kier alpha value is -1.43. The number of carbonyl (C=O) groups is 1. The van der Waals surface area contributed by atoms with Gasteiger partial charge in [0.15, 0.2) is 5.78 Å². The molecule has 0 amide bonds. The zero-order valence-corrected chi connectivity index (χ0v) is 9.35. The van der Waals surface area contributed by atoms with E-state index in [4.69, 9.17) is 0 Å². The van der Waals surface area contributed by atoms with Gasteiger partial charge in [0.1, 0.15) is 5.82 Å². The molecule has 1 saturated carbocycles. The van der Waals surface area contributed by atoms with Crippen molar-refractivity contribution < 1.29 is 22.4 Å². The fourth-order valence-corrected chi connectivity index (χ4v) is 1.55. The number of halogens is 4. The first-order valence-corrected chi connectivity index (χ1v) is 5.51. The summed E-state index contributed by atoms with van der Waals surface area (Å²) >= 11 is 0. The average Bonchev–Trinajstić information content (AvgIpc) is 3.07. The van der Waals surface area contributed by atoms with Crippen molar-refractivity contribution in [3.05, 3.63) is 35.1 Å². The van der Waals surface area contributed by atoms with Gasteiger partial charge in [0, 0.05) is 11.6 Å². The van der Waals surface area contributed by atoms with Gasteiger partial charge >= 0.3 is 6.18 Å². The highest BCUT2D eigenvalue weighted by molar-refractivity contribution is 5.97. The predicted molar refractivity (Wildman–Crippen MR) is 56.8 cm³/mol. The molecule has 6 heteroatoms. The van der Waals surface area contributed by atoms with Gasteiger partial charge in [-0.25, -0.2) is 4.39 Å². The van der Waals surface area contributed by atoms with Crippen LogP contribution in [0.3, 0.4) is 0 Å². The van der Waals surface area contributed by atoms with Gasteiger partial charge < -0.3 is 5.32 Å². The van der Waals surface area contributed by atoms with Gasteiger partial charge in [0.2, 0.25) is 0 Å². The standard InChI is InChI=1S/C12H11F4NO/c13-10-5-7(1-4-9(10)12(14,15)16)11(18)6-17-8-2-3-8/h1,4-5,8,17H,2-3,6H2. The van der Waals surface area contributed by atoms with E-state index in [0.29, 0.717) is 18.2 Å². The molecular formula is C12H11F4NO. The molecule has 0 aliphatic heterocycles. The van der Waals surface area contributed by atoms with E-state index >= 15 is 0 Å². The van der Waals surface area contributed by atoms with Gasteiger partial charge in [-0.1, -0.05) is 6.07 Å². The second-order valence-electron chi connectivity index (χ2n) is 4.27. The lowest BCUT2D eigenvalue weighted by Crippen LogP contribution is -2.25. The maximum absolute atomic E-state index is 13.2. The van der Waals surface area contributed by atoms with Gasteiger partial charge in [-0.15, -0.1) is 0 Å². The van der Waals surface area contributed by atoms with Crippen molar-refractivity contribution in [2.24, 2.45) is 0 Å². The minimum Gasteiger partial charge on any atom is -0.307 e. The molecule has 0 unspecified atom stereocenters. The minimum absolute atomic E-state index is 0.0233. The third kappa shape index (κ3) is 3.07. The van der Waals surface area contributed by atoms with Crippen molar-refractivity contribution in [3.63, 3.8) is 0 Å². The Balaban J connectivity index is 2.09. The van der Waals surface area contributed by atoms with Crippen LogP contribution in [0.2, 0.25) is 0 Å². The van der Waals surface area contributed by atoms with E-state index in [-0.39, 0.29) is 12.1 Å². The molecule has 0 radical (unpaired) electrons. The molecule has 1 aliphatic carbocycles. The van der Waals surface area contributed by atoms with Gasteiger partial charge in [0.05, 0.1) is 12.1 Å². The molecule has 0 bridgehead atoms. The summed E-state index contributed by atoms with van der Waals surface area (Å²) in [6.07, 6.45) is -2.75. The van der Waals surface area contributed by atoms with Crippen LogP contribution in [-0.2, 0) is 6.18 Å². The maximum atomic E-state index is 13.2. The molecule has 1 N–H and O–H groups in total. The lowest BCUT2D eigenvalue weighted by atomic mass is 10.1. The first kappa shape index (κ1) is 13.0. The minimum atomic E-state index is -4.74. The summed E-state index contributed by atoms with van der Waals surface area (Å²) < 4.78 is 50.1. The molecule has 0 heterocycles. The summed E-state index contributed by atoms with van der Waals surface area (Å²) in [5.74, 6) is -1.82. The number of alkyl halides is 3. The average molecular weight is 261 g/mol. The third-order valence-corrected chi connectivity index (χ3v) is 2.73. The van der Waals surface area contributed by atoms with E-state index in [0.717, 1.165) is 18.9 Å². The van der Waals surface area contributed by atoms with Crippen LogP contribution in [0, 0.1) is 5.82 Å². The topological polar surface area (TPSA) is 29.1 Å². The Kier molecular flexibility index (Phi) is 3.38. The number of Topliss-reactive ketones (excluding diaryl/α,β-unsaturated/α-hetero) is 1. The molecular weight excluding hydrogens is 250 g/mol. The second kappa shape index (κ2) is 4.68.